The molecule has 198 valence electrons. The highest BCUT2D eigenvalue weighted by molar-refractivity contribution is 7.07. The molecule has 1 aliphatic heterocycles. The minimum absolute atomic E-state index is 0.280. The summed E-state index contributed by atoms with van der Waals surface area (Å²) in [6, 6.07) is 11.5. The van der Waals surface area contributed by atoms with Gasteiger partial charge in [-0.3, -0.25) is 14.2 Å². The van der Waals surface area contributed by atoms with Crippen LogP contribution in [-0.4, -0.2) is 36.8 Å². The van der Waals surface area contributed by atoms with Gasteiger partial charge < -0.3 is 18.9 Å². The standard InChI is InChI=1S/C28H28N2O7S/c1-15(2)36-27(33)24-16(3)29-28-30(25(24)19-8-10-20(34-5)11-9-19)26(32)23(38-28)14-18-7-12-21(37-17(4)31)22(13-18)35-6/h7-15,25H,1-6H3/b23-14+. The summed E-state index contributed by atoms with van der Waals surface area (Å²) in [6.45, 7) is 6.59. The average Bonchev–Trinajstić information content (AvgIpc) is 3.17. The Hall–Kier alpha value is -4.18. The molecule has 2 aromatic carbocycles. The minimum atomic E-state index is -0.730. The number of methoxy groups -OCH3 is 2. The number of rotatable bonds is 7. The Labute approximate surface area is 223 Å². The van der Waals surface area contributed by atoms with Crippen molar-refractivity contribution in [1.29, 1.82) is 0 Å². The van der Waals surface area contributed by atoms with Crippen LogP contribution in [0, 0.1) is 0 Å². The summed E-state index contributed by atoms with van der Waals surface area (Å²) in [5.41, 5.74) is 1.86. The van der Waals surface area contributed by atoms with Crippen LogP contribution in [0.1, 0.15) is 44.9 Å². The lowest BCUT2D eigenvalue weighted by molar-refractivity contribution is -0.143. The molecule has 0 spiro atoms. The molecule has 0 aliphatic carbocycles. The van der Waals surface area contributed by atoms with Crippen molar-refractivity contribution in [3.8, 4) is 17.2 Å². The van der Waals surface area contributed by atoms with Gasteiger partial charge in [0, 0.05) is 6.92 Å². The van der Waals surface area contributed by atoms with E-state index >= 15 is 0 Å². The third-order valence-corrected chi connectivity index (χ3v) is 6.74. The number of aromatic nitrogens is 1. The fourth-order valence-corrected chi connectivity index (χ4v) is 5.17. The van der Waals surface area contributed by atoms with Crippen molar-refractivity contribution in [1.82, 2.24) is 4.57 Å². The lowest BCUT2D eigenvalue weighted by Gasteiger charge is -2.25. The summed E-state index contributed by atoms with van der Waals surface area (Å²) < 4.78 is 23.3. The van der Waals surface area contributed by atoms with Crippen LogP contribution in [0.15, 0.2) is 63.5 Å². The van der Waals surface area contributed by atoms with Crippen molar-refractivity contribution >= 4 is 29.4 Å². The van der Waals surface area contributed by atoms with Crippen molar-refractivity contribution in [2.24, 2.45) is 4.99 Å². The largest absolute Gasteiger partial charge is 0.497 e. The maximum absolute atomic E-state index is 13.8. The number of esters is 2. The van der Waals surface area contributed by atoms with E-state index in [1.54, 1.807) is 64.3 Å². The summed E-state index contributed by atoms with van der Waals surface area (Å²) in [4.78, 5) is 43.4. The minimum Gasteiger partial charge on any atom is -0.497 e. The van der Waals surface area contributed by atoms with Gasteiger partial charge in [-0.25, -0.2) is 9.79 Å². The number of carbonyl (C=O) groups excluding carboxylic acids is 2. The van der Waals surface area contributed by atoms with Gasteiger partial charge in [0.2, 0.25) is 0 Å². The number of fused-ring (bicyclic) bond motifs is 1. The van der Waals surface area contributed by atoms with E-state index in [0.29, 0.717) is 37.7 Å². The normalized spacial score (nSPS) is 15.1. The maximum atomic E-state index is 13.8. The first-order valence-corrected chi connectivity index (χ1v) is 12.7. The molecule has 1 aromatic heterocycles. The fourth-order valence-electron chi connectivity index (χ4n) is 4.13. The summed E-state index contributed by atoms with van der Waals surface area (Å²) in [5, 5.41) is 0. The third kappa shape index (κ3) is 5.40. The highest BCUT2D eigenvalue weighted by Gasteiger charge is 2.33. The van der Waals surface area contributed by atoms with Crippen molar-refractivity contribution in [2.45, 2.75) is 39.8 Å². The second-order valence-corrected chi connectivity index (χ2v) is 9.82. The molecule has 1 aliphatic rings. The van der Waals surface area contributed by atoms with E-state index in [-0.39, 0.29) is 17.4 Å². The molecule has 0 saturated heterocycles. The highest BCUT2D eigenvalue weighted by atomic mass is 32.1. The van der Waals surface area contributed by atoms with Crippen LogP contribution in [-0.2, 0) is 14.3 Å². The van der Waals surface area contributed by atoms with E-state index in [1.165, 1.54) is 29.9 Å². The molecule has 0 radical (unpaired) electrons. The SMILES string of the molecule is COc1ccc(C2C(C(=O)OC(C)C)=C(C)N=c3s/c(=C/c4ccc(OC(C)=O)c(OC)c4)c(=O)n32)cc1. The molecule has 4 rings (SSSR count). The van der Waals surface area contributed by atoms with Gasteiger partial charge in [0.1, 0.15) is 5.75 Å². The zero-order valence-corrected chi connectivity index (χ0v) is 22.8. The maximum Gasteiger partial charge on any atom is 0.338 e. The number of ether oxygens (including phenoxy) is 4. The van der Waals surface area contributed by atoms with Gasteiger partial charge in [0.05, 0.1) is 42.2 Å². The second kappa shape index (κ2) is 11.1. The van der Waals surface area contributed by atoms with Crippen molar-refractivity contribution in [3.63, 3.8) is 0 Å². The van der Waals surface area contributed by atoms with Gasteiger partial charge in [-0.1, -0.05) is 29.5 Å². The summed E-state index contributed by atoms with van der Waals surface area (Å²) in [6.07, 6.45) is 1.37. The zero-order valence-electron chi connectivity index (χ0n) is 21.9. The topological polar surface area (TPSA) is 105 Å². The molecule has 1 atom stereocenters. The second-order valence-electron chi connectivity index (χ2n) is 8.81. The molecule has 0 fully saturated rings. The van der Waals surface area contributed by atoms with Crippen LogP contribution in [0.25, 0.3) is 6.08 Å². The Kier molecular flexibility index (Phi) is 7.82. The Morgan fingerprint density at radius 1 is 1.05 bits per heavy atom. The van der Waals surface area contributed by atoms with E-state index in [1.807, 2.05) is 12.1 Å². The van der Waals surface area contributed by atoms with Gasteiger partial charge in [-0.15, -0.1) is 0 Å². The molecule has 2 heterocycles. The first-order valence-electron chi connectivity index (χ1n) is 11.9. The molecule has 38 heavy (non-hydrogen) atoms. The number of carbonyl (C=O) groups is 2. The monoisotopic (exact) mass is 536 g/mol. The number of thiazole rings is 1. The predicted octanol–water partition coefficient (Wildman–Crippen LogP) is 3.13. The molecule has 9 nitrogen and oxygen atoms in total. The first-order chi connectivity index (χ1) is 18.1. The number of benzene rings is 2. The van der Waals surface area contributed by atoms with Gasteiger partial charge >= 0.3 is 11.9 Å². The third-order valence-electron chi connectivity index (χ3n) is 5.76. The molecule has 10 heteroatoms. The van der Waals surface area contributed by atoms with Crippen LogP contribution in [0.2, 0.25) is 0 Å². The lowest BCUT2D eigenvalue weighted by atomic mass is 9.96. The first kappa shape index (κ1) is 26.9. The Morgan fingerprint density at radius 3 is 2.37 bits per heavy atom. The quantitative estimate of drug-likeness (QED) is 0.337. The van der Waals surface area contributed by atoms with Crippen molar-refractivity contribution < 1.29 is 28.5 Å². The molecular formula is C28H28N2O7S. The van der Waals surface area contributed by atoms with E-state index < -0.39 is 18.0 Å². The molecule has 0 saturated carbocycles. The lowest BCUT2D eigenvalue weighted by Crippen LogP contribution is -2.40. The van der Waals surface area contributed by atoms with Gasteiger partial charge in [-0.05, 0) is 62.2 Å². The summed E-state index contributed by atoms with van der Waals surface area (Å²) >= 11 is 1.21. The van der Waals surface area contributed by atoms with Crippen molar-refractivity contribution in [3.05, 3.63) is 84.5 Å². The Balaban J connectivity index is 1.88. The molecule has 0 bridgehead atoms. The van der Waals surface area contributed by atoms with Gasteiger partial charge in [0.15, 0.2) is 16.3 Å². The van der Waals surface area contributed by atoms with Crippen LogP contribution in [0.5, 0.6) is 17.2 Å². The molecule has 3 aromatic rings. The summed E-state index contributed by atoms with van der Waals surface area (Å²) in [7, 11) is 3.04. The average molecular weight is 537 g/mol. The van der Waals surface area contributed by atoms with Gasteiger partial charge in [0.25, 0.3) is 5.56 Å². The number of allylic oxidation sites excluding steroid dienone is 1. The molecule has 0 N–H and O–H groups in total. The number of hydrogen-bond donors (Lipinski definition) is 0. The highest BCUT2D eigenvalue weighted by Crippen LogP contribution is 2.32. The molecule has 0 amide bonds. The van der Waals surface area contributed by atoms with Crippen molar-refractivity contribution in [2.75, 3.05) is 14.2 Å². The molecular weight excluding hydrogens is 508 g/mol. The number of hydrogen-bond acceptors (Lipinski definition) is 9. The predicted molar refractivity (Wildman–Crippen MR) is 142 cm³/mol. The molecule has 1 unspecified atom stereocenters. The van der Waals surface area contributed by atoms with E-state index in [4.69, 9.17) is 18.9 Å². The van der Waals surface area contributed by atoms with Crippen LogP contribution in [0.3, 0.4) is 0 Å². The van der Waals surface area contributed by atoms with E-state index in [2.05, 4.69) is 4.99 Å². The van der Waals surface area contributed by atoms with E-state index in [0.717, 1.165) is 5.56 Å². The van der Waals surface area contributed by atoms with Crippen LogP contribution in [0.4, 0.5) is 0 Å². The van der Waals surface area contributed by atoms with E-state index in [9.17, 15) is 14.4 Å². The van der Waals surface area contributed by atoms with Crippen LogP contribution < -0.4 is 29.1 Å². The Bertz CT molecular complexity index is 1600. The van der Waals surface area contributed by atoms with Crippen LogP contribution >= 0.6 is 11.3 Å². The zero-order chi connectivity index (χ0) is 27.6. The number of nitrogens with zero attached hydrogens (tertiary/aromatic N) is 2. The van der Waals surface area contributed by atoms with Gasteiger partial charge in [-0.2, -0.15) is 0 Å². The smallest absolute Gasteiger partial charge is 0.338 e. The fraction of sp³-hybridized carbons (Fsp3) is 0.286. The Morgan fingerprint density at radius 2 is 1.76 bits per heavy atom. The summed E-state index contributed by atoms with van der Waals surface area (Å²) in [5.74, 6) is 0.293.